The Kier molecular flexibility index (Phi) is 5.20. The maximum Gasteiger partial charge on any atom is 0.256 e. The van der Waals surface area contributed by atoms with E-state index in [1.54, 1.807) is 59.1 Å². The Hall–Kier alpha value is -4.65. The van der Waals surface area contributed by atoms with Crippen LogP contribution in [-0.4, -0.2) is 31.5 Å². The molecule has 0 bridgehead atoms. The van der Waals surface area contributed by atoms with Gasteiger partial charge >= 0.3 is 0 Å². The molecule has 7 nitrogen and oxygen atoms in total. The number of benzene rings is 3. The largest absolute Gasteiger partial charge is 0.322 e. The fourth-order valence-electron chi connectivity index (χ4n) is 3.63. The lowest BCUT2D eigenvalue weighted by Crippen LogP contribution is -2.17. The Labute approximate surface area is 189 Å². The van der Waals surface area contributed by atoms with Gasteiger partial charge in [0.1, 0.15) is 0 Å². The van der Waals surface area contributed by atoms with Gasteiger partial charge in [0.2, 0.25) is 0 Å². The first kappa shape index (κ1) is 20.3. The number of carbonyl (C=O) groups excluding carboxylic acids is 2. The first-order chi connectivity index (χ1) is 16.1. The van der Waals surface area contributed by atoms with Crippen LogP contribution in [0.25, 0.3) is 16.9 Å². The molecule has 0 unspecified atom stereocenters. The third kappa shape index (κ3) is 3.99. The molecule has 0 atom stereocenters. The van der Waals surface area contributed by atoms with Crippen molar-refractivity contribution in [2.24, 2.45) is 0 Å². The Balaban J connectivity index is 1.43. The second kappa shape index (κ2) is 8.47. The summed E-state index contributed by atoms with van der Waals surface area (Å²) in [6.07, 6.45) is 0. The van der Waals surface area contributed by atoms with E-state index in [2.05, 4.69) is 20.6 Å². The monoisotopic (exact) mass is 433 g/mol. The van der Waals surface area contributed by atoms with Gasteiger partial charge in [0.25, 0.3) is 5.91 Å². The molecule has 7 heteroatoms. The number of hydrogen-bond donors (Lipinski definition) is 1. The Morgan fingerprint density at radius 2 is 1.55 bits per heavy atom. The molecule has 0 aliphatic heterocycles. The minimum Gasteiger partial charge on any atom is -0.322 e. The highest BCUT2D eigenvalue weighted by molar-refractivity contribution is 6.17. The topological polar surface area (TPSA) is 89.2 Å². The Bertz CT molecular complexity index is 1490. The molecule has 1 N–H and O–H groups in total. The second-order valence-electron chi connectivity index (χ2n) is 7.51. The zero-order chi connectivity index (χ0) is 22.8. The maximum absolute atomic E-state index is 13.1. The standard InChI is InChI=1S/C26H19N5O2/c1-17-28-29-24-15-14-23(30-31(17)24)19-10-7-11-20(16-19)27-26(33)22-13-6-5-12-21(22)25(32)18-8-3-2-4-9-18/h2-16H,1H3,(H,27,33). The van der Waals surface area contributed by atoms with Gasteiger partial charge in [-0.05, 0) is 37.3 Å². The molecular formula is C26H19N5O2. The van der Waals surface area contributed by atoms with Gasteiger partial charge < -0.3 is 5.32 Å². The van der Waals surface area contributed by atoms with Crippen LogP contribution in [0, 0.1) is 6.92 Å². The van der Waals surface area contributed by atoms with Crippen molar-refractivity contribution in [2.75, 3.05) is 5.32 Å². The summed E-state index contributed by atoms with van der Waals surface area (Å²) in [5.41, 5.74) is 4.02. The smallest absolute Gasteiger partial charge is 0.256 e. The van der Waals surface area contributed by atoms with Crippen LogP contribution >= 0.6 is 0 Å². The highest BCUT2D eigenvalue weighted by Crippen LogP contribution is 2.23. The van der Waals surface area contributed by atoms with Crippen LogP contribution in [0.15, 0.2) is 91.0 Å². The van der Waals surface area contributed by atoms with E-state index in [1.807, 2.05) is 43.3 Å². The van der Waals surface area contributed by atoms with Crippen molar-refractivity contribution in [1.82, 2.24) is 19.8 Å². The Morgan fingerprint density at radius 1 is 0.788 bits per heavy atom. The van der Waals surface area contributed by atoms with Crippen LogP contribution in [0.1, 0.15) is 32.1 Å². The molecule has 2 aromatic heterocycles. The summed E-state index contributed by atoms with van der Waals surface area (Å²) in [6.45, 7) is 1.83. The van der Waals surface area contributed by atoms with Crippen molar-refractivity contribution >= 4 is 23.0 Å². The van der Waals surface area contributed by atoms with Crippen LogP contribution in [-0.2, 0) is 0 Å². The molecule has 33 heavy (non-hydrogen) atoms. The zero-order valence-electron chi connectivity index (χ0n) is 17.8. The lowest BCUT2D eigenvalue weighted by molar-refractivity contribution is 0.0996. The quantitative estimate of drug-likeness (QED) is 0.410. The molecule has 3 aromatic carbocycles. The van der Waals surface area contributed by atoms with E-state index < -0.39 is 0 Å². The number of anilines is 1. The maximum atomic E-state index is 13.1. The van der Waals surface area contributed by atoms with E-state index in [9.17, 15) is 9.59 Å². The van der Waals surface area contributed by atoms with Crippen LogP contribution in [0.3, 0.4) is 0 Å². The van der Waals surface area contributed by atoms with Crippen LogP contribution < -0.4 is 5.32 Å². The number of aryl methyl sites for hydroxylation is 1. The molecular weight excluding hydrogens is 414 g/mol. The third-order valence-electron chi connectivity index (χ3n) is 5.29. The number of ketones is 1. The van der Waals surface area contributed by atoms with Crippen LogP contribution in [0.4, 0.5) is 5.69 Å². The first-order valence-corrected chi connectivity index (χ1v) is 10.4. The fraction of sp³-hybridized carbons (Fsp3) is 0.0385. The number of aromatic nitrogens is 4. The number of hydrogen-bond acceptors (Lipinski definition) is 5. The first-order valence-electron chi connectivity index (χ1n) is 10.4. The zero-order valence-corrected chi connectivity index (χ0v) is 17.8. The summed E-state index contributed by atoms with van der Waals surface area (Å²) >= 11 is 0. The van der Waals surface area contributed by atoms with Crippen molar-refractivity contribution in [2.45, 2.75) is 6.92 Å². The van der Waals surface area contributed by atoms with E-state index in [-0.39, 0.29) is 11.7 Å². The molecule has 0 fully saturated rings. The van der Waals surface area contributed by atoms with Crippen LogP contribution in [0.2, 0.25) is 0 Å². The van der Waals surface area contributed by atoms with Gasteiger partial charge in [-0.2, -0.15) is 9.61 Å². The van der Waals surface area contributed by atoms with E-state index in [0.717, 1.165) is 11.3 Å². The third-order valence-corrected chi connectivity index (χ3v) is 5.29. The summed E-state index contributed by atoms with van der Waals surface area (Å²) < 4.78 is 1.67. The molecule has 0 aliphatic carbocycles. The highest BCUT2D eigenvalue weighted by Gasteiger charge is 2.18. The molecule has 0 saturated carbocycles. The van der Waals surface area contributed by atoms with Crippen molar-refractivity contribution < 1.29 is 9.59 Å². The van der Waals surface area contributed by atoms with Gasteiger partial charge in [0.05, 0.1) is 11.3 Å². The van der Waals surface area contributed by atoms with Gasteiger partial charge in [-0.15, -0.1) is 10.2 Å². The molecule has 5 aromatic rings. The van der Waals surface area contributed by atoms with Gasteiger partial charge in [-0.1, -0.05) is 60.7 Å². The Morgan fingerprint density at radius 3 is 2.36 bits per heavy atom. The van der Waals surface area contributed by atoms with Gasteiger partial charge in [-0.25, -0.2) is 0 Å². The number of rotatable bonds is 5. The molecule has 0 spiro atoms. The van der Waals surface area contributed by atoms with Crippen molar-refractivity contribution in [3.63, 3.8) is 0 Å². The fourth-order valence-corrected chi connectivity index (χ4v) is 3.63. The SMILES string of the molecule is Cc1nnc2ccc(-c3cccc(NC(=O)c4ccccc4C(=O)c4ccccc4)c3)nn12. The summed E-state index contributed by atoms with van der Waals surface area (Å²) in [6, 6.07) is 26.8. The molecule has 0 aliphatic rings. The number of nitrogens with one attached hydrogen (secondary N) is 1. The minimum absolute atomic E-state index is 0.197. The van der Waals surface area contributed by atoms with Gasteiger partial charge in [0.15, 0.2) is 17.3 Å². The number of nitrogens with zero attached hydrogens (tertiary/aromatic N) is 4. The number of carbonyl (C=O) groups is 2. The minimum atomic E-state index is -0.356. The number of fused-ring (bicyclic) bond motifs is 1. The van der Waals surface area contributed by atoms with Crippen molar-refractivity contribution in [3.05, 3.63) is 114 Å². The molecule has 0 radical (unpaired) electrons. The lowest BCUT2D eigenvalue weighted by Gasteiger charge is -2.11. The molecule has 2 heterocycles. The average molecular weight is 433 g/mol. The number of amides is 1. The van der Waals surface area contributed by atoms with E-state index in [0.29, 0.717) is 33.8 Å². The van der Waals surface area contributed by atoms with Crippen molar-refractivity contribution in [3.8, 4) is 11.3 Å². The van der Waals surface area contributed by atoms with E-state index >= 15 is 0 Å². The van der Waals surface area contributed by atoms with Gasteiger partial charge in [-0.3, -0.25) is 9.59 Å². The summed E-state index contributed by atoms with van der Waals surface area (Å²) in [7, 11) is 0. The molecule has 160 valence electrons. The second-order valence-corrected chi connectivity index (χ2v) is 7.51. The normalized spacial score (nSPS) is 10.8. The predicted molar refractivity (Wildman–Crippen MR) is 125 cm³/mol. The van der Waals surface area contributed by atoms with E-state index in [1.165, 1.54) is 0 Å². The summed E-state index contributed by atoms with van der Waals surface area (Å²) in [4.78, 5) is 26.1. The van der Waals surface area contributed by atoms with Crippen molar-refractivity contribution in [1.29, 1.82) is 0 Å². The van der Waals surface area contributed by atoms with Crippen LogP contribution in [0.5, 0.6) is 0 Å². The molecule has 0 saturated heterocycles. The lowest BCUT2D eigenvalue weighted by atomic mass is 9.98. The predicted octanol–water partition coefficient (Wildman–Crippen LogP) is 4.58. The summed E-state index contributed by atoms with van der Waals surface area (Å²) in [5, 5.41) is 15.6. The molecule has 5 rings (SSSR count). The summed E-state index contributed by atoms with van der Waals surface area (Å²) in [5.74, 6) is 0.137. The molecule has 1 amide bonds. The van der Waals surface area contributed by atoms with E-state index in [4.69, 9.17) is 0 Å². The average Bonchev–Trinajstić information content (AvgIpc) is 3.24. The highest BCUT2D eigenvalue weighted by atomic mass is 16.2. The van der Waals surface area contributed by atoms with Gasteiger partial charge in [0, 0.05) is 22.4 Å².